The highest BCUT2D eigenvalue weighted by Gasteiger charge is 1.98. The SMILES string of the molecule is Cn1ccc(CSCCc2cnccn2)cc1=O. The van der Waals surface area contributed by atoms with Crippen LogP contribution in [0.25, 0.3) is 0 Å². The summed E-state index contributed by atoms with van der Waals surface area (Å²) in [6, 6.07) is 3.67. The lowest BCUT2D eigenvalue weighted by atomic mass is 10.3. The molecule has 0 spiro atoms. The molecule has 2 heterocycles. The van der Waals surface area contributed by atoms with Gasteiger partial charge in [-0.3, -0.25) is 14.8 Å². The van der Waals surface area contributed by atoms with Gasteiger partial charge in [0.15, 0.2) is 0 Å². The van der Waals surface area contributed by atoms with Crippen molar-refractivity contribution in [2.75, 3.05) is 5.75 Å². The first-order valence-electron chi connectivity index (χ1n) is 5.74. The number of hydrogen-bond acceptors (Lipinski definition) is 4. The number of hydrogen-bond donors (Lipinski definition) is 0. The minimum Gasteiger partial charge on any atom is -0.319 e. The molecule has 0 N–H and O–H groups in total. The second kappa shape index (κ2) is 6.35. The summed E-state index contributed by atoms with van der Waals surface area (Å²) in [6.07, 6.45) is 7.89. The van der Waals surface area contributed by atoms with Gasteiger partial charge in [-0.25, -0.2) is 0 Å². The Morgan fingerprint density at radius 3 is 3.00 bits per heavy atom. The van der Waals surface area contributed by atoms with Crippen molar-refractivity contribution < 1.29 is 0 Å². The maximum absolute atomic E-state index is 11.4. The summed E-state index contributed by atoms with van der Waals surface area (Å²) in [7, 11) is 1.76. The molecular weight excluding hydrogens is 246 g/mol. The van der Waals surface area contributed by atoms with Gasteiger partial charge >= 0.3 is 0 Å². The third-order valence-corrected chi connectivity index (χ3v) is 3.59. The third kappa shape index (κ3) is 3.70. The van der Waals surface area contributed by atoms with Gasteiger partial charge in [-0.15, -0.1) is 0 Å². The highest BCUT2D eigenvalue weighted by molar-refractivity contribution is 7.98. The molecule has 0 bridgehead atoms. The molecule has 0 radical (unpaired) electrons. The van der Waals surface area contributed by atoms with Crippen molar-refractivity contribution in [2.24, 2.45) is 7.05 Å². The zero-order chi connectivity index (χ0) is 12.8. The first-order chi connectivity index (χ1) is 8.75. The lowest BCUT2D eigenvalue weighted by molar-refractivity contribution is 0.855. The van der Waals surface area contributed by atoms with E-state index in [2.05, 4.69) is 9.97 Å². The quantitative estimate of drug-likeness (QED) is 0.768. The van der Waals surface area contributed by atoms with E-state index in [1.165, 1.54) is 0 Å². The van der Waals surface area contributed by atoms with Crippen LogP contribution in [-0.4, -0.2) is 20.3 Å². The number of nitrogens with zero attached hydrogens (tertiary/aromatic N) is 3. The topological polar surface area (TPSA) is 47.8 Å². The van der Waals surface area contributed by atoms with Gasteiger partial charge in [0.25, 0.3) is 5.56 Å². The fraction of sp³-hybridized carbons (Fsp3) is 0.308. The lowest BCUT2D eigenvalue weighted by Gasteiger charge is -2.03. The van der Waals surface area contributed by atoms with E-state index >= 15 is 0 Å². The Morgan fingerprint density at radius 1 is 1.39 bits per heavy atom. The summed E-state index contributed by atoms with van der Waals surface area (Å²) in [4.78, 5) is 19.7. The van der Waals surface area contributed by atoms with E-state index in [0.29, 0.717) is 0 Å². The van der Waals surface area contributed by atoms with Gasteiger partial charge in [-0.2, -0.15) is 11.8 Å². The van der Waals surface area contributed by atoms with Crippen LogP contribution in [0.3, 0.4) is 0 Å². The first kappa shape index (κ1) is 12.8. The Morgan fingerprint density at radius 2 is 2.28 bits per heavy atom. The van der Waals surface area contributed by atoms with Crippen molar-refractivity contribution in [1.82, 2.24) is 14.5 Å². The standard InChI is InChI=1S/C13H15N3OS/c1-16-6-2-11(8-13(16)17)10-18-7-3-12-9-14-4-5-15-12/h2,4-6,8-9H,3,7,10H2,1H3. The van der Waals surface area contributed by atoms with Crippen LogP contribution >= 0.6 is 11.8 Å². The van der Waals surface area contributed by atoms with Gasteiger partial charge in [-0.1, -0.05) is 0 Å². The second-order valence-corrected chi connectivity index (χ2v) is 5.09. The molecule has 0 atom stereocenters. The van der Waals surface area contributed by atoms with Crippen molar-refractivity contribution in [1.29, 1.82) is 0 Å². The van der Waals surface area contributed by atoms with Gasteiger partial charge in [0.1, 0.15) is 0 Å². The first-order valence-corrected chi connectivity index (χ1v) is 6.89. The van der Waals surface area contributed by atoms with Crippen molar-refractivity contribution >= 4 is 11.8 Å². The molecule has 4 nitrogen and oxygen atoms in total. The molecule has 0 aliphatic heterocycles. The van der Waals surface area contributed by atoms with E-state index in [1.54, 1.807) is 54.2 Å². The summed E-state index contributed by atoms with van der Waals surface area (Å²) in [5.41, 5.74) is 2.12. The zero-order valence-electron chi connectivity index (χ0n) is 10.2. The molecule has 0 saturated carbocycles. The van der Waals surface area contributed by atoms with Crippen LogP contribution in [0.1, 0.15) is 11.3 Å². The van der Waals surface area contributed by atoms with Crippen LogP contribution < -0.4 is 5.56 Å². The van der Waals surface area contributed by atoms with E-state index in [9.17, 15) is 4.79 Å². The predicted molar refractivity (Wildman–Crippen MR) is 73.6 cm³/mol. The summed E-state index contributed by atoms with van der Waals surface area (Å²) in [5, 5.41) is 0. The average molecular weight is 261 g/mol. The molecule has 2 aromatic heterocycles. The predicted octanol–water partition coefficient (Wildman–Crippen LogP) is 1.65. The van der Waals surface area contributed by atoms with Crippen molar-refractivity contribution in [2.45, 2.75) is 12.2 Å². The van der Waals surface area contributed by atoms with E-state index in [-0.39, 0.29) is 5.56 Å². The smallest absolute Gasteiger partial charge is 0.250 e. The molecular formula is C13H15N3OS. The molecule has 94 valence electrons. The Kier molecular flexibility index (Phi) is 4.52. The molecule has 0 amide bonds. The third-order valence-electron chi connectivity index (χ3n) is 2.56. The van der Waals surface area contributed by atoms with Crippen LogP contribution in [0.5, 0.6) is 0 Å². The fourth-order valence-corrected chi connectivity index (χ4v) is 2.42. The Hall–Kier alpha value is -1.62. The van der Waals surface area contributed by atoms with Gasteiger partial charge in [0.2, 0.25) is 0 Å². The zero-order valence-corrected chi connectivity index (χ0v) is 11.1. The monoisotopic (exact) mass is 261 g/mol. The highest BCUT2D eigenvalue weighted by Crippen LogP contribution is 2.11. The molecule has 0 unspecified atom stereocenters. The van der Waals surface area contributed by atoms with E-state index in [1.807, 2.05) is 6.07 Å². The molecule has 0 aromatic carbocycles. The maximum atomic E-state index is 11.4. The number of aromatic nitrogens is 3. The Labute approximate surface area is 110 Å². The van der Waals surface area contributed by atoms with Gasteiger partial charge in [-0.05, 0) is 17.4 Å². The largest absolute Gasteiger partial charge is 0.319 e. The normalized spacial score (nSPS) is 10.5. The average Bonchev–Trinajstić information content (AvgIpc) is 2.40. The number of pyridine rings is 1. The molecule has 0 saturated heterocycles. The van der Waals surface area contributed by atoms with Crippen LogP contribution in [0, 0.1) is 0 Å². The maximum Gasteiger partial charge on any atom is 0.250 e. The number of rotatable bonds is 5. The molecule has 5 heteroatoms. The summed E-state index contributed by atoms with van der Waals surface area (Å²) < 4.78 is 1.58. The van der Waals surface area contributed by atoms with Crippen molar-refractivity contribution in [3.63, 3.8) is 0 Å². The van der Waals surface area contributed by atoms with Crippen LogP contribution in [-0.2, 0) is 19.2 Å². The van der Waals surface area contributed by atoms with Crippen molar-refractivity contribution in [3.05, 3.63) is 58.5 Å². The second-order valence-electron chi connectivity index (χ2n) is 3.98. The summed E-state index contributed by atoms with van der Waals surface area (Å²) in [6.45, 7) is 0. The van der Waals surface area contributed by atoms with Gasteiger partial charge in [0.05, 0.1) is 5.69 Å². The van der Waals surface area contributed by atoms with Gasteiger partial charge in [0, 0.05) is 50.1 Å². The van der Waals surface area contributed by atoms with Crippen LogP contribution in [0.15, 0.2) is 41.7 Å². The number of thioether (sulfide) groups is 1. The molecule has 2 aromatic rings. The van der Waals surface area contributed by atoms with E-state index < -0.39 is 0 Å². The fourth-order valence-electron chi connectivity index (χ4n) is 1.51. The Bertz CT molecular complexity index is 554. The highest BCUT2D eigenvalue weighted by atomic mass is 32.2. The van der Waals surface area contributed by atoms with Crippen LogP contribution in [0.4, 0.5) is 0 Å². The molecule has 0 aliphatic carbocycles. The van der Waals surface area contributed by atoms with Gasteiger partial charge < -0.3 is 4.57 Å². The lowest BCUT2D eigenvalue weighted by Crippen LogP contribution is -2.14. The number of aryl methyl sites for hydroxylation is 2. The summed E-state index contributed by atoms with van der Waals surface area (Å²) in [5.74, 6) is 1.84. The molecule has 18 heavy (non-hydrogen) atoms. The van der Waals surface area contributed by atoms with E-state index in [4.69, 9.17) is 0 Å². The minimum atomic E-state index is 0.0435. The minimum absolute atomic E-state index is 0.0435. The molecule has 2 rings (SSSR count). The molecule has 0 fully saturated rings. The van der Waals surface area contributed by atoms with E-state index in [0.717, 1.165) is 29.2 Å². The van der Waals surface area contributed by atoms with Crippen molar-refractivity contribution in [3.8, 4) is 0 Å². The van der Waals surface area contributed by atoms with Crippen LogP contribution in [0.2, 0.25) is 0 Å². The Balaban J connectivity index is 1.79. The summed E-state index contributed by atoms with van der Waals surface area (Å²) >= 11 is 1.80. The molecule has 0 aliphatic rings.